The van der Waals surface area contributed by atoms with Crippen LogP contribution in [0.2, 0.25) is 0 Å². The maximum atomic E-state index is 12.5. The Morgan fingerprint density at radius 1 is 0.963 bits per heavy atom. The van der Waals surface area contributed by atoms with Gasteiger partial charge in [-0.3, -0.25) is 14.2 Å². The maximum absolute atomic E-state index is 12.5. The summed E-state index contributed by atoms with van der Waals surface area (Å²) in [7, 11) is 0. The number of rotatable bonds is 4. The normalized spacial score (nSPS) is 14.5. The van der Waals surface area contributed by atoms with Crippen LogP contribution in [0.1, 0.15) is 6.42 Å². The first-order valence-corrected chi connectivity index (χ1v) is 9.10. The van der Waals surface area contributed by atoms with E-state index in [4.69, 9.17) is 0 Å². The Hall–Kier alpha value is -3.22. The van der Waals surface area contributed by atoms with Gasteiger partial charge in [-0.15, -0.1) is 0 Å². The van der Waals surface area contributed by atoms with E-state index < -0.39 is 0 Å². The van der Waals surface area contributed by atoms with E-state index >= 15 is 0 Å². The highest BCUT2D eigenvalue weighted by molar-refractivity contribution is 5.77. The van der Waals surface area contributed by atoms with E-state index in [0.717, 1.165) is 18.9 Å². The van der Waals surface area contributed by atoms with Crippen molar-refractivity contribution in [3.8, 4) is 0 Å². The van der Waals surface area contributed by atoms with E-state index in [1.54, 1.807) is 12.3 Å². The fourth-order valence-electron chi connectivity index (χ4n) is 3.37. The summed E-state index contributed by atoms with van der Waals surface area (Å²) >= 11 is 0. The molecule has 1 aliphatic heterocycles. The monoisotopic (exact) mass is 363 g/mol. The van der Waals surface area contributed by atoms with E-state index in [1.807, 2.05) is 41.3 Å². The third kappa shape index (κ3) is 3.67. The van der Waals surface area contributed by atoms with Crippen molar-refractivity contribution < 1.29 is 4.79 Å². The zero-order valence-electron chi connectivity index (χ0n) is 15.0. The molecule has 1 aromatic carbocycles. The van der Waals surface area contributed by atoms with Crippen molar-refractivity contribution in [1.29, 1.82) is 0 Å². The molecule has 0 radical (unpaired) electrons. The Kier molecular flexibility index (Phi) is 4.82. The molecule has 1 saturated heterocycles. The smallest absolute Gasteiger partial charge is 0.261 e. The second-order valence-electron chi connectivity index (χ2n) is 6.57. The highest BCUT2D eigenvalue weighted by Crippen LogP contribution is 2.13. The van der Waals surface area contributed by atoms with Gasteiger partial charge in [0.1, 0.15) is 5.82 Å². The van der Waals surface area contributed by atoms with Gasteiger partial charge < -0.3 is 9.80 Å². The molecule has 3 heterocycles. The van der Waals surface area contributed by atoms with Gasteiger partial charge in [0.25, 0.3) is 5.56 Å². The van der Waals surface area contributed by atoms with Gasteiger partial charge in [-0.2, -0.15) is 0 Å². The summed E-state index contributed by atoms with van der Waals surface area (Å²) in [6.45, 7) is 3.21. The van der Waals surface area contributed by atoms with Crippen molar-refractivity contribution in [3.63, 3.8) is 0 Å². The molecule has 1 amide bonds. The number of aromatic nitrogens is 3. The van der Waals surface area contributed by atoms with Crippen LogP contribution in [-0.2, 0) is 11.3 Å². The van der Waals surface area contributed by atoms with Crippen molar-refractivity contribution in [2.75, 3.05) is 31.1 Å². The van der Waals surface area contributed by atoms with Crippen molar-refractivity contribution in [3.05, 3.63) is 65.3 Å². The standard InChI is InChI=1S/C20H21N5O2/c26-19(24-13-11-23(12-14-24)18-7-3-4-9-21-18)8-10-25-15-22-17-6-2-1-5-16(17)20(25)27/h1-7,9,15H,8,10-14H2. The molecule has 2 aromatic heterocycles. The number of hydrogen-bond donors (Lipinski definition) is 0. The number of anilines is 1. The summed E-state index contributed by atoms with van der Waals surface area (Å²) in [6.07, 6.45) is 3.60. The Morgan fingerprint density at radius 2 is 1.74 bits per heavy atom. The molecule has 0 atom stereocenters. The van der Waals surface area contributed by atoms with Crippen LogP contribution in [-0.4, -0.2) is 51.5 Å². The van der Waals surface area contributed by atoms with E-state index in [2.05, 4.69) is 14.9 Å². The molecule has 1 aliphatic rings. The summed E-state index contributed by atoms with van der Waals surface area (Å²) in [5, 5.41) is 0.580. The van der Waals surface area contributed by atoms with E-state index in [0.29, 0.717) is 37.0 Å². The van der Waals surface area contributed by atoms with E-state index in [9.17, 15) is 9.59 Å². The molecule has 0 spiro atoms. The molecule has 0 N–H and O–H groups in total. The summed E-state index contributed by atoms with van der Waals surface area (Å²) in [5.41, 5.74) is 0.573. The molecule has 0 aliphatic carbocycles. The van der Waals surface area contributed by atoms with Crippen molar-refractivity contribution >= 4 is 22.6 Å². The van der Waals surface area contributed by atoms with Crippen LogP contribution >= 0.6 is 0 Å². The van der Waals surface area contributed by atoms with Gasteiger partial charge in [0.15, 0.2) is 0 Å². The number of nitrogens with zero attached hydrogens (tertiary/aromatic N) is 5. The third-order valence-corrected chi connectivity index (χ3v) is 4.90. The van der Waals surface area contributed by atoms with Crippen LogP contribution in [0.5, 0.6) is 0 Å². The van der Waals surface area contributed by atoms with Gasteiger partial charge in [-0.05, 0) is 24.3 Å². The topological polar surface area (TPSA) is 71.3 Å². The fraction of sp³-hybridized carbons (Fsp3) is 0.300. The number of amides is 1. The van der Waals surface area contributed by atoms with Crippen LogP contribution < -0.4 is 10.5 Å². The van der Waals surface area contributed by atoms with Gasteiger partial charge in [0.05, 0.1) is 17.2 Å². The van der Waals surface area contributed by atoms with Crippen LogP contribution in [0.15, 0.2) is 59.8 Å². The third-order valence-electron chi connectivity index (χ3n) is 4.90. The predicted octanol–water partition coefficient (Wildman–Crippen LogP) is 1.53. The molecular weight excluding hydrogens is 342 g/mol. The molecule has 1 fully saturated rings. The first-order chi connectivity index (χ1) is 13.2. The van der Waals surface area contributed by atoms with Crippen LogP contribution in [0.25, 0.3) is 10.9 Å². The lowest BCUT2D eigenvalue weighted by molar-refractivity contribution is -0.131. The molecule has 7 heteroatoms. The van der Waals surface area contributed by atoms with Crippen molar-refractivity contribution in [2.24, 2.45) is 0 Å². The average Bonchev–Trinajstić information content (AvgIpc) is 2.74. The number of pyridine rings is 1. The second kappa shape index (κ2) is 7.57. The zero-order valence-corrected chi connectivity index (χ0v) is 15.0. The van der Waals surface area contributed by atoms with Gasteiger partial charge in [-0.1, -0.05) is 18.2 Å². The number of aryl methyl sites for hydroxylation is 1. The lowest BCUT2D eigenvalue weighted by atomic mass is 10.2. The Bertz CT molecular complexity index is 994. The minimum Gasteiger partial charge on any atom is -0.353 e. The van der Waals surface area contributed by atoms with Crippen LogP contribution in [0.4, 0.5) is 5.82 Å². The number of carbonyl (C=O) groups excluding carboxylic acids is 1. The number of piperazine rings is 1. The number of hydrogen-bond acceptors (Lipinski definition) is 5. The van der Waals surface area contributed by atoms with Gasteiger partial charge in [-0.25, -0.2) is 9.97 Å². The highest BCUT2D eigenvalue weighted by atomic mass is 16.2. The lowest BCUT2D eigenvalue weighted by Crippen LogP contribution is -2.49. The Labute approximate surface area is 156 Å². The molecule has 27 heavy (non-hydrogen) atoms. The predicted molar refractivity (Wildman–Crippen MR) is 104 cm³/mol. The minimum atomic E-state index is -0.103. The average molecular weight is 363 g/mol. The lowest BCUT2D eigenvalue weighted by Gasteiger charge is -2.35. The van der Waals surface area contributed by atoms with Crippen molar-refractivity contribution in [1.82, 2.24) is 19.4 Å². The van der Waals surface area contributed by atoms with E-state index in [-0.39, 0.29) is 11.5 Å². The molecule has 7 nitrogen and oxygen atoms in total. The molecule has 4 rings (SSSR count). The van der Waals surface area contributed by atoms with Crippen molar-refractivity contribution in [2.45, 2.75) is 13.0 Å². The quantitative estimate of drug-likeness (QED) is 0.703. The number of carbonyl (C=O) groups is 1. The Morgan fingerprint density at radius 3 is 2.52 bits per heavy atom. The summed E-state index contributed by atoms with van der Waals surface area (Å²) < 4.78 is 1.52. The van der Waals surface area contributed by atoms with Gasteiger partial charge in [0, 0.05) is 45.3 Å². The summed E-state index contributed by atoms with van der Waals surface area (Å²) in [5.74, 6) is 1.01. The Balaban J connectivity index is 1.35. The fourth-order valence-corrected chi connectivity index (χ4v) is 3.37. The zero-order chi connectivity index (χ0) is 18.6. The first-order valence-electron chi connectivity index (χ1n) is 9.10. The molecule has 0 unspecified atom stereocenters. The van der Waals surface area contributed by atoms with Crippen LogP contribution in [0.3, 0.4) is 0 Å². The molecule has 138 valence electrons. The number of fused-ring (bicyclic) bond motifs is 1. The van der Waals surface area contributed by atoms with Gasteiger partial charge in [0.2, 0.25) is 5.91 Å². The summed E-state index contributed by atoms with van der Waals surface area (Å²) in [6, 6.07) is 13.1. The maximum Gasteiger partial charge on any atom is 0.261 e. The van der Waals surface area contributed by atoms with Crippen LogP contribution in [0, 0.1) is 0 Å². The van der Waals surface area contributed by atoms with E-state index in [1.165, 1.54) is 10.9 Å². The number of para-hydroxylation sites is 1. The molecule has 0 saturated carbocycles. The molecular formula is C20H21N5O2. The second-order valence-corrected chi connectivity index (χ2v) is 6.57. The van der Waals surface area contributed by atoms with Gasteiger partial charge >= 0.3 is 0 Å². The highest BCUT2D eigenvalue weighted by Gasteiger charge is 2.21. The summed E-state index contributed by atoms with van der Waals surface area (Å²) in [4.78, 5) is 37.7. The molecule has 3 aromatic rings. The minimum absolute atomic E-state index is 0.0655. The first kappa shape index (κ1) is 17.2. The SMILES string of the molecule is O=C(CCn1cnc2ccccc2c1=O)N1CCN(c2ccccn2)CC1. The number of benzene rings is 1. The largest absolute Gasteiger partial charge is 0.353 e. The molecule has 0 bridgehead atoms.